The lowest BCUT2D eigenvalue weighted by Crippen LogP contribution is -1.92. The Morgan fingerprint density at radius 3 is 1.70 bits per heavy atom. The maximum absolute atomic E-state index is 6.07. The van der Waals surface area contributed by atoms with Crippen LogP contribution in [-0.4, -0.2) is 0 Å². The molecule has 0 atom stereocenters. The summed E-state index contributed by atoms with van der Waals surface area (Å²) in [5.74, 6) is 1.92. The molecule has 2 aromatic rings. The fourth-order valence-corrected chi connectivity index (χ4v) is 3.58. The summed E-state index contributed by atoms with van der Waals surface area (Å²) >= 11 is 0. The lowest BCUT2D eigenvalue weighted by Gasteiger charge is -2.11. The first kappa shape index (κ1) is 21.5. The van der Waals surface area contributed by atoms with Gasteiger partial charge in [0.25, 0.3) is 0 Å². The average molecular weight is 367 g/mol. The van der Waals surface area contributed by atoms with Crippen molar-refractivity contribution in [3.05, 3.63) is 60.2 Å². The largest absolute Gasteiger partial charge is 0.457 e. The highest BCUT2D eigenvalue weighted by Gasteiger charge is 2.04. The third-order valence-corrected chi connectivity index (χ3v) is 5.24. The smallest absolute Gasteiger partial charge is 0.130 e. The first-order valence-electron chi connectivity index (χ1n) is 11.2. The normalized spacial score (nSPS) is 10.9. The number of para-hydroxylation sites is 2. The molecule has 2 aromatic carbocycles. The third kappa shape index (κ3) is 9.65. The van der Waals surface area contributed by atoms with Crippen LogP contribution in [-0.2, 0) is 6.42 Å². The van der Waals surface area contributed by atoms with Crippen LogP contribution in [0.3, 0.4) is 0 Å². The molecule has 148 valence electrons. The molecule has 0 spiro atoms. The van der Waals surface area contributed by atoms with Gasteiger partial charge in [-0.25, -0.2) is 0 Å². The van der Waals surface area contributed by atoms with Crippen LogP contribution >= 0.6 is 0 Å². The molecule has 0 aliphatic heterocycles. The average Bonchev–Trinajstić information content (AvgIpc) is 2.71. The van der Waals surface area contributed by atoms with Gasteiger partial charge < -0.3 is 4.74 Å². The third-order valence-electron chi connectivity index (χ3n) is 5.24. The summed E-state index contributed by atoms with van der Waals surface area (Å²) in [6.45, 7) is 2.29. The van der Waals surface area contributed by atoms with Gasteiger partial charge in [-0.2, -0.15) is 0 Å². The van der Waals surface area contributed by atoms with E-state index in [1.807, 2.05) is 30.3 Å². The monoisotopic (exact) mass is 366 g/mol. The molecule has 1 heteroatoms. The maximum atomic E-state index is 6.07. The van der Waals surface area contributed by atoms with Crippen LogP contribution in [0.15, 0.2) is 54.6 Å². The van der Waals surface area contributed by atoms with E-state index in [4.69, 9.17) is 4.74 Å². The van der Waals surface area contributed by atoms with Gasteiger partial charge in [0.15, 0.2) is 0 Å². The topological polar surface area (TPSA) is 9.23 Å². The first-order valence-corrected chi connectivity index (χ1v) is 11.2. The minimum absolute atomic E-state index is 0.916. The van der Waals surface area contributed by atoms with Crippen molar-refractivity contribution >= 4 is 0 Å². The zero-order valence-corrected chi connectivity index (χ0v) is 17.3. The van der Waals surface area contributed by atoms with Crippen molar-refractivity contribution in [2.45, 2.75) is 90.4 Å². The molecule has 0 aliphatic rings. The zero-order valence-electron chi connectivity index (χ0n) is 17.3. The van der Waals surface area contributed by atoms with Gasteiger partial charge >= 0.3 is 0 Å². The highest BCUT2D eigenvalue weighted by Crippen LogP contribution is 2.26. The first-order chi connectivity index (χ1) is 13.4. The minimum Gasteiger partial charge on any atom is -0.457 e. The number of ether oxygens (including phenoxy) is 1. The fraction of sp³-hybridized carbons (Fsp3) is 0.538. The molecule has 0 aliphatic carbocycles. The quantitative estimate of drug-likeness (QED) is 0.286. The Balaban J connectivity index is 1.54. The minimum atomic E-state index is 0.916. The Hall–Kier alpha value is -1.76. The second-order valence-electron chi connectivity index (χ2n) is 7.66. The van der Waals surface area contributed by atoms with Crippen LogP contribution in [0.2, 0.25) is 0 Å². The van der Waals surface area contributed by atoms with Crippen molar-refractivity contribution in [2.24, 2.45) is 0 Å². The summed E-state index contributed by atoms with van der Waals surface area (Å²) in [7, 11) is 0. The molecule has 2 rings (SSSR count). The van der Waals surface area contributed by atoms with E-state index in [0.717, 1.165) is 17.9 Å². The predicted octanol–water partition coefficient (Wildman–Crippen LogP) is 8.72. The Labute approximate surface area is 167 Å². The number of hydrogen-bond donors (Lipinski definition) is 0. The second-order valence-corrected chi connectivity index (χ2v) is 7.66. The molecule has 1 nitrogen and oxygen atoms in total. The highest BCUT2D eigenvalue weighted by molar-refractivity contribution is 5.37. The fourth-order valence-electron chi connectivity index (χ4n) is 3.58. The van der Waals surface area contributed by atoms with E-state index in [1.165, 1.54) is 82.6 Å². The van der Waals surface area contributed by atoms with Crippen molar-refractivity contribution in [1.82, 2.24) is 0 Å². The van der Waals surface area contributed by atoms with E-state index in [2.05, 4.69) is 31.2 Å². The summed E-state index contributed by atoms with van der Waals surface area (Å²) in [6.07, 6.45) is 17.8. The zero-order chi connectivity index (χ0) is 19.0. The van der Waals surface area contributed by atoms with Crippen LogP contribution in [0, 0.1) is 0 Å². The van der Waals surface area contributed by atoms with E-state index in [-0.39, 0.29) is 0 Å². The van der Waals surface area contributed by atoms with Crippen LogP contribution in [0.4, 0.5) is 0 Å². The molecule has 0 aromatic heterocycles. The molecule has 0 amide bonds. The van der Waals surface area contributed by atoms with Crippen molar-refractivity contribution in [3.8, 4) is 11.5 Å². The predicted molar refractivity (Wildman–Crippen MR) is 118 cm³/mol. The van der Waals surface area contributed by atoms with E-state index >= 15 is 0 Å². The highest BCUT2D eigenvalue weighted by atomic mass is 16.5. The maximum Gasteiger partial charge on any atom is 0.130 e. The number of unbranched alkanes of at least 4 members (excludes halogenated alkanes) is 11. The van der Waals surface area contributed by atoms with Crippen LogP contribution in [0.5, 0.6) is 11.5 Å². The summed E-state index contributed by atoms with van der Waals surface area (Å²) in [5.41, 5.74) is 1.33. The molecule has 0 saturated heterocycles. The lowest BCUT2D eigenvalue weighted by atomic mass is 10.0. The second kappa shape index (κ2) is 14.3. The van der Waals surface area contributed by atoms with Gasteiger partial charge in [0.05, 0.1) is 0 Å². The van der Waals surface area contributed by atoms with Gasteiger partial charge in [0.1, 0.15) is 11.5 Å². The number of rotatable bonds is 15. The van der Waals surface area contributed by atoms with Gasteiger partial charge in [-0.15, -0.1) is 0 Å². The molecule has 0 bridgehead atoms. The SMILES string of the molecule is CCCCCCCCCCCCCCc1ccccc1Oc1ccccc1. The van der Waals surface area contributed by atoms with E-state index < -0.39 is 0 Å². The van der Waals surface area contributed by atoms with Gasteiger partial charge in [-0.3, -0.25) is 0 Å². The van der Waals surface area contributed by atoms with Crippen LogP contribution in [0.25, 0.3) is 0 Å². The Kier molecular flexibility index (Phi) is 11.4. The molecule has 0 fully saturated rings. The molecule has 0 saturated carbocycles. The van der Waals surface area contributed by atoms with Crippen molar-refractivity contribution < 1.29 is 4.74 Å². The Morgan fingerprint density at radius 1 is 0.556 bits per heavy atom. The van der Waals surface area contributed by atoms with Gasteiger partial charge in [0.2, 0.25) is 0 Å². The Morgan fingerprint density at radius 2 is 1.07 bits per heavy atom. The summed E-state index contributed by atoms with van der Waals surface area (Å²) in [4.78, 5) is 0. The number of aryl methyl sites for hydroxylation is 1. The summed E-state index contributed by atoms with van der Waals surface area (Å²) in [5, 5.41) is 0. The van der Waals surface area contributed by atoms with Crippen molar-refractivity contribution in [2.75, 3.05) is 0 Å². The molecule has 0 radical (unpaired) electrons. The van der Waals surface area contributed by atoms with Gasteiger partial charge in [0, 0.05) is 0 Å². The van der Waals surface area contributed by atoms with Crippen molar-refractivity contribution in [1.29, 1.82) is 0 Å². The Bertz CT molecular complexity index is 590. The molecule has 0 N–H and O–H groups in total. The number of hydrogen-bond acceptors (Lipinski definition) is 1. The van der Waals surface area contributed by atoms with E-state index in [0.29, 0.717) is 0 Å². The van der Waals surface area contributed by atoms with Gasteiger partial charge in [-0.1, -0.05) is 114 Å². The summed E-state index contributed by atoms with van der Waals surface area (Å²) < 4.78 is 6.07. The van der Waals surface area contributed by atoms with E-state index in [9.17, 15) is 0 Å². The lowest BCUT2D eigenvalue weighted by molar-refractivity contribution is 0.474. The molecule has 27 heavy (non-hydrogen) atoms. The summed E-state index contributed by atoms with van der Waals surface area (Å²) in [6, 6.07) is 18.6. The van der Waals surface area contributed by atoms with Gasteiger partial charge in [-0.05, 0) is 36.6 Å². The molecular weight excluding hydrogens is 328 g/mol. The molecule has 0 heterocycles. The van der Waals surface area contributed by atoms with Crippen LogP contribution in [0.1, 0.15) is 89.5 Å². The van der Waals surface area contributed by atoms with Crippen LogP contribution < -0.4 is 4.74 Å². The standard InChI is InChI=1S/C26H38O/c1-2-3-4-5-6-7-8-9-10-11-12-14-19-24-20-17-18-23-26(24)27-25-21-15-13-16-22-25/h13,15-18,20-23H,2-12,14,19H2,1H3. The van der Waals surface area contributed by atoms with Crippen molar-refractivity contribution in [3.63, 3.8) is 0 Å². The number of benzene rings is 2. The molecule has 0 unspecified atom stereocenters. The van der Waals surface area contributed by atoms with E-state index in [1.54, 1.807) is 0 Å². The molecular formula is C26H38O.